The normalized spacial score (nSPS) is 18.7. The maximum absolute atomic E-state index is 12.2. The SMILES string of the molecule is O=C(CCCC(=O)Nc1ccc([C@@H]2O[C@H](CSc3nc4ccccc4s3)C[C@H](c3ccc(CO)cc3)O2)cc1)NO. The summed E-state index contributed by atoms with van der Waals surface area (Å²) in [7, 11) is 0. The van der Waals surface area contributed by atoms with Crippen LogP contribution < -0.4 is 10.8 Å². The van der Waals surface area contributed by atoms with Gasteiger partial charge in [0.05, 0.1) is 29.0 Å². The number of hydrogen-bond acceptors (Lipinski definition) is 9. The first-order chi connectivity index (χ1) is 20.0. The van der Waals surface area contributed by atoms with E-state index in [-0.39, 0.29) is 37.6 Å². The minimum Gasteiger partial charge on any atom is -0.392 e. The third-order valence-corrected chi connectivity index (χ3v) is 8.99. The predicted molar refractivity (Wildman–Crippen MR) is 158 cm³/mol. The summed E-state index contributed by atoms with van der Waals surface area (Å²) in [5.74, 6) is -0.0195. The molecule has 1 aliphatic heterocycles. The van der Waals surface area contributed by atoms with Crippen molar-refractivity contribution in [3.63, 3.8) is 0 Å². The van der Waals surface area contributed by atoms with Crippen LogP contribution in [-0.2, 0) is 25.7 Å². The topological polar surface area (TPSA) is 130 Å². The van der Waals surface area contributed by atoms with Crippen LogP contribution in [0.4, 0.5) is 5.69 Å². The number of anilines is 1. The van der Waals surface area contributed by atoms with Gasteiger partial charge in [-0.3, -0.25) is 14.8 Å². The molecule has 9 nitrogen and oxygen atoms in total. The van der Waals surface area contributed by atoms with Gasteiger partial charge in [-0.15, -0.1) is 11.3 Å². The molecule has 0 radical (unpaired) electrons. The minimum absolute atomic E-state index is 0.0140. The molecule has 2 amide bonds. The summed E-state index contributed by atoms with van der Waals surface area (Å²) < 4.78 is 15.0. The summed E-state index contributed by atoms with van der Waals surface area (Å²) in [6.07, 6.45) is 0.346. The van der Waals surface area contributed by atoms with Crippen LogP contribution in [0.5, 0.6) is 0 Å². The predicted octanol–water partition coefficient (Wildman–Crippen LogP) is 5.74. The second kappa shape index (κ2) is 14.0. The Labute approximate surface area is 245 Å². The molecule has 3 atom stereocenters. The first kappa shape index (κ1) is 29.2. The Morgan fingerprint density at radius 1 is 0.951 bits per heavy atom. The second-order valence-electron chi connectivity index (χ2n) is 9.67. The lowest BCUT2D eigenvalue weighted by atomic mass is 10.0. The third kappa shape index (κ3) is 7.91. The number of carbonyl (C=O) groups is 2. The Hall–Kier alpha value is -3.32. The summed E-state index contributed by atoms with van der Waals surface area (Å²) >= 11 is 3.35. The van der Waals surface area contributed by atoms with Gasteiger partial charge in [0.25, 0.3) is 0 Å². The van der Waals surface area contributed by atoms with Crippen molar-refractivity contribution in [2.45, 2.75) is 55.1 Å². The van der Waals surface area contributed by atoms with Gasteiger partial charge in [0.2, 0.25) is 11.8 Å². The number of aromatic nitrogens is 1. The molecule has 5 rings (SSSR count). The zero-order valence-electron chi connectivity index (χ0n) is 22.2. The van der Waals surface area contributed by atoms with Gasteiger partial charge in [-0.1, -0.05) is 60.3 Å². The first-order valence-electron chi connectivity index (χ1n) is 13.3. The number of aliphatic hydroxyl groups is 1. The number of fused-ring (bicyclic) bond motifs is 1. The molecule has 214 valence electrons. The zero-order valence-corrected chi connectivity index (χ0v) is 23.8. The molecular formula is C30H31N3O6S2. The Morgan fingerprint density at radius 2 is 1.68 bits per heavy atom. The van der Waals surface area contributed by atoms with Crippen molar-refractivity contribution in [2.24, 2.45) is 0 Å². The second-order valence-corrected chi connectivity index (χ2v) is 12.0. The highest BCUT2D eigenvalue weighted by Crippen LogP contribution is 2.40. The highest BCUT2D eigenvalue weighted by molar-refractivity contribution is 8.01. The molecule has 3 aromatic carbocycles. The van der Waals surface area contributed by atoms with Crippen LogP contribution >= 0.6 is 23.1 Å². The monoisotopic (exact) mass is 593 g/mol. The van der Waals surface area contributed by atoms with E-state index in [4.69, 9.17) is 19.7 Å². The van der Waals surface area contributed by atoms with Gasteiger partial charge in [0, 0.05) is 36.3 Å². The van der Waals surface area contributed by atoms with Crippen molar-refractivity contribution in [1.82, 2.24) is 10.5 Å². The number of aliphatic hydroxyl groups excluding tert-OH is 1. The Bertz CT molecular complexity index is 1430. The highest BCUT2D eigenvalue weighted by Gasteiger charge is 2.32. The molecule has 0 bridgehead atoms. The number of hydrogen-bond donors (Lipinski definition) is 4. The number of benzene rings is 3. The lowest BCUT2D eigenvalue weighted by Gasteiger charge is -2.36. The summed E-state index contributed by atoms with van der Waals surface area (Å²) in [5, 5.41) is 20.8. The van der Waals surface area contributed by atoms with Crippen LogP contribution in [0.25, 0.3) is 10.2 Å². The summed E-state index contributed by atoms with van der Waals surface area (Å²) in [5.41, 5.74) is 5.87. The van der Waals surface area contributed by atoms with Gasteiger partial charge in [-0.25, -0.2) is 10.5 Å². The van der Waals surface area contributed by atoms with Gasteiger partial charge < -0.3 is 19.9 Å². The summed E-state index contributed by atoms with van der Waals surface area (Å²) in [4.78, 5) is 28.1. The number of rotatable bonds is 11. The largest absolute Gasteiger partial charge is 0.392 e. The van der Waals surface area contributed by atoms with Crippen molar-refractivity contribution >= 4 is 50.8 Å². The number of carbonyl (C=O) groups excluding carboxylic acids is 2. The number of nitrogens with zero attached hydrogens (tertiary/aromatic N) is 1. The van der Waals surface area contributed by atoms with E-state index in [0.29, 0.717) is 24.3 Å². The molecule has 1 aromatic heterocycles. The summed E-state index contributed by atoms with van der Waals surface area (Å²) in [6.45, 7) is -0.0140. The number of para-hydroxylation sites is 1. The van der Waals surface area contributed by atoms with E-state index in [2.05, 4.69) is 11.4 Å². The van der Waals surface area contributed by atoms with E-state index in [9.17, 15) is 14.7 Å². The van der Waals surface area contributed by atoms with Crippen molar-refractivity contribution < 1.29 is 29.4 Å². The Morgan fingerprint density at radius 3 is 2.41 bits per heavy atom. The molecule has 2 heterocycles. The molecule has 4 aromatic rings. The number of amides is 2. The average molecular weight is 594 g/mol. The van der Waals surface area contributed by atoms with Crippen LogP contribution in [-0.4, -0.2) is 39.0 Å². The smallest absolute Gasteiger partial charge is 0.243 e. The number of thiazole rings is 1. The molecule has 4 N–H and O–H groups in total. The number of thioether (sulfide) groups is 1. The maximum atomic E-state index is 12.2. The molecule has 41 heavy (non-hydrogen) atoms. The Balaban J connectivity index is 1.26. The van der Waals surface area contributed by atoms with E-state index in [1.807, 2.05) is 54.6 Å². The summed E-state index contributed by atoms with van der Waals surface area (Å²) in [6, 6.07) is 23.2. The quantitative estimate of drug-likeness (QED) is 0.0984. The van der Waals surface area contributed by atoms with Gasteiger partial charge in [0.15, 0.2) is 10.6 Å². The molecule has 1 aliphatic rings. The molecule has 0 spiro atoms. The molecule has 0 aliphatic carbocycles. The molecule has 0 saturated carbocycles. The number of ether oxygens (including phenoxy) is 2. The molecule has 1 fully saturated rings. The van der Waals surface area contributed by atoms with Gasteiger partial charge in [-0.05, 0) is 41.8 Å². The molecule has 1 saturated heterocycles. The fourth-order valence-electron chi connectivity index (χ4n) is 4.51. The number of nitrogens with one attached hydrogen (secondary N) is 2. The highest BCUT2D eigenvalue weighted by atomic mass is 32.2. The zero-order chi connectivity index (χ0) is 28.6. The minimum atomic E-state index is -0.603. The lowest BCUT2D eigenvalue weighted by Crippen LogP contribution is -2.31. The van der Waals surface area contributed by atoms with Crippen molar-refractivity contribution in [1.29, 1.82) is 0 Å². The Kier molecular flexibility index (Phi) is 9.99. The van der Waals surface area contributed by atoms with Crippen molar-refractivity contribution in [2.75, 3.05) is 11.1 Å². The first-order valence-corrected chi connectivity index (χ1v) is 15.1. The lowest BCUT2D eigenvalue weighted by molar-refractivity contribution is -0.245. The number of hydroxylamine groups is 1. The van der Waals surface area contributed by atoms with Crippen molar-refractivity contribution in [3.05, 3.63) is 89.5 Å². The fraction of sp³-hybridized carbons (Fsp3) is 0.300. The van der Waals surface area contributed by atoms with Crippen LogP contribution in [0.3, 0.4) is 0 Å². The third-order valence-electron chi connectivity index (χ3n) is 6.68. The van der Waals surface area contributed by atoms with E-state index >= 15 is 0 Å². The fourth-order valence-corrected chi connectivity index (χ4v) is 6.62. The van der Waals surface area contributed by atoms with E-state index < -0.39 is 12.2 Å². The average Bonchev–Trinajstić information content (AvgIpc) is 3.43. The van der Waals surface area contributed by atoms with Gasteiger partial charge in [-0.2, -0.15) is 0 Å². The van der Waals surface area contributed by atoms with Crippen molar-refractivity contribution in [3.8, 4) is 0 Å². The van der Waals surface area contributed by atoms with Crippen LogP contribution in [0.2, 0.25) is 0 Å². The molecular weight excluding hydrogens is 562 g/mol. The van der Waals surface area contributed by atoms with E-state index in [0.717, 1.165) is 31.2 Å². The van der Waals surface area contributed by atoms with Crippen LogP contribution in [0.1, 0.15) is 54.8 Å². The molecule has 0 unspecified atom stereocenters. The van der Waals surface area contributed by atoms with Gasteiger partial charge in [0.1, 0.15) is 0 Å². The standard InChI is InChI=1S/C30H31N3O6S2/c34-17-19-8-10-20(11-9-19)25-16-23(18-40-30-32-24-4-1-2-5-26(24)41-30)38-29(39-25)21-12-14-22(15-13-21)31-27(35)6-3-7-28(36)33-37/h1-2,4-5,8-15,23,25,29,34,37H,3,6-7,16-18H2,(H,31,35)(H,33,36)/t23-,25+,29+/m0/s1. The molecule has 11 heteroatoms. The van der Waals surface area contributed by atoms with Crippen LogP contribution in [0, 0.1) is 0 Å². The maximum Gasteiger partial charge on any atom is 0.243 e. The van der Waals surface area contributed by atoms with E-state index in [1.165, 1.54) is 0 Å². The van der Waals surface area contributed by atoms with E-state index in [1.54, 1.807) is 40.7 Å². The van der Waals surface area contributed by atoms with Crippen LogP contribution in [0.15, 0.2) is 77.1 Å². The van der Waals surface area contributed by atoms with Gasteiger partial charge >= 0.3 is 0 Å².